The summed E-state index contributed by atoms with van der Waals surface area (Å²) in [5, 5.41) is 0. The number of unbranched alkanes of at least 4 members (excludes halogenated alkanes) is 2. The Labute approximate surface area is 213 Å². The molecule has 0 spiro atoms. The molecule has 35 heavy (non-hydrogen) atoms. The second-order valence-corrected chi connectivity index (χ2v) is 11.3. The maximum atomic E-state index is 12.7. The van der Waals surface area contributed by atoms with Crippen LogP contribution in [0, 0.1) is 17.8 Å². The van der Waals surface area contributed by atoms with E-state index >= 15 is 0 Å². The Bertz CT molecular complexity index is 882. The third kappa shape index (κ3) is 7.45. The molecule has 0 atom stereocenters. The third-order valence-electron chi connectivity index (χ3n) is 8.85. The summed E-state index contributed by atoms with van der Waals surface area (Å²) < 4.78 is 5.63. The zero-order chi connectivity index (χ0) is 24.5. The van der Waals surface area contributed by atoms with Crippen LogP contribution in [-0.4, -0.2) is 5.97 Å². The first-order chi connectivity index (χ1) is 17.2. The highest BCUT2D eigenvalue weighted by Crippen LogP contribution is 2.44. The molecule has 0 saturated heterocycles. The molecule has 0 amide bonds. The Morgan fingerprint density at radius 2 is 1.37 bits per heavy atom. The van der Waals surface area contributed by atoms with Gasteiger partial charge in [0.1, 0.15) is 5.75 Å². The molecular formula is C33H46O2. The number of benzene rings is 2. The van der Waals surface area contributed by atoms with Crippen LogP contribution in [-0.2, 0) is 6.42 Å². The van der Waals surface area contributed by atoms with Gasteiger partial charge in [0, 0.05) is 0 Å². The van der Waals surface area contributed by atoms with E-state index in [0.717, 1.165) is 24.2 Å². The third-order valence-corrected chi connectivity index (χ3v) is 8.85. The SMILES string of the molecule is CCCCCc1ccc(OC(=O)c2ccc(C3CCC([C@H]4CC[C@H](CCC)CC4)CC3)cc2)cc1. The number of aryl methyl sites for hydroxylation is 1. The number of hydrogen-bond acceptors (Lipinski definition) is 2. The van der Waals surface area contributed by atoms with Gasteiger partial charge >= 0.3 is 5.97 Å². The smallest absolute Gasteiger partial charge is 0.343 e. The van der Waals surface area contributed by atoms with Gasteiger partial charge in [-0.05, 0) is 110 Å². The van der Waals surface area contributed by atoms with E-state index < -0.39 is 0 Å². The lowest BCUT2D eigenvalue weighted by Crippen LogP contribution is -2.25. The van der Waals surface area contributed by atoms with Crippen LogP contribution < -0.4 is 4.74 Å². The van der Waals surface area contributed by atoms with Gasteiger partial charge in [-0.3, -0.25) is 0 Å². The van der Waals surface area contributed by atoms with Crippen LogP contribution in [0.5, 0.6) is 5.75 Å². The van der Waals surface area contributed by atoms with Crippen molar-refractivity contribution in [2.45, 2.75) is 110 Å². The summed E-state index contributed by atoms with van der Waals surface area (Å²) in [5.74, 6) is 3.94. The molecule has 0 N–H and O–H groups in total. The van der Waals surface area contributed by atoms with Crippen LogP contribution >= 0.6 is 0 Å². The van der Waals surface area contributed by atoms with Crippen molar-refractivity contribution in [3.05, 3.63) is 65.2 Å². The molecule has 0 unspecified atom stereocenters. The van der Waals surface area contributed by atoms with Gasteiger partial charge < -0.3 is 4.74 Å². The number of ether oxygens (including phenoxy) is 1. The maximum absolute atomic E-state index is 12.7. The predicted molar refractivity (Wildman–Crippen MR) is 146 cm³/mol. The topological polar surface area (TPSA) is 26.3 Å². The maximum Gasteiger partial charge on any atom is 0.343 e. The molecule has 0 bridgehead atoms. The summed E-state index contributed by atoms with van der Waals surface area (Å²) in [4.78, 5) is 12.7. The number of rotatable bonds is 10. The minimum Gasteiger partial charge on any atom is -0.423 e. The summed E-state index contributed by atoms with van der Waals surface area (Å²) in [6.07, 6.45) is 18.8. The zero-order valence-electron chi connectivity index (χ0n) is 22.1. The molecule has 2 saturated carbocycles. The van der Waals surface area contributed by atoms with Crippen LogP contribution in [0.25, 0.3) is 0 Å². The summed E-state index contributed by atoms with van der Waals surface area (Å²) in [5.41, 5.74) is 3.34. The minimum absolute atomic E-state index is 0.266. The Kier molecular flexibility index (Phi) is 9.86. The first-order valence-corrected chi connectivity index (χ1v) is 14.6. The standard InChI is InChI=1S/C33H46O2/c1-3-5-6-8-26-11-23-32(24-12-26)35-33(34)31-21-19-30(20-22-31)29-17-15-28(16-18-29)27-13-9-25(7-4-2)10-14-27/h11-12,19-25,27-29H,3-10,13-18H2,1-2H3/t25-,27-,28?,29?. The lowest BCUT2D eigenvalue weighted by Gasteiger charge is -2.38. The fourth-order valence-corrected chi connectivity index (χ4v) is 6.64. The van der Waals surface area contributed by atoms with E-state index in [0.29, 0.717) is 17.2 Å². The Hall–Kier alpha value is -2.09. The van der Waals surface area contributed by atoms with E-state index in [4.69, 9.17) is 4.74 Å². The Balaban J connectivity index is 1.23. The molecule has 2 aliphatic rings. The largest absolute Gasteiger partial charge is 0.423 e. The van der Waals surface area contributed by atoms with Crippen molar-refractivity contribution < 1.29 is 9.53 Å². The van der Waals surface area contributed by atoms with Crippen LogP contribution in [0.2, 0.25) is 0 Å². The van der Waals surface area contributed by atoms with Gasteiger partial charge in [-0.2, -0.15) is 0 Å². The van der Waals surface area contributed by atoms with Gasteiger partial charge in [0.05, 0.1) is 5.56 Å². The van der Waals surface area contributed by atoms with E-state index in [-0.39, 0.29) is 5.97 Å². The van der Waals surface area contributed by atoms with Crippen LogP contribution in [0.3, 0.4) is 0 Å². The van der Waals surface area contributed by atoms with Crippen molar-refractivity contribution in [2.24, 2.45) is 17.8 Å². The molecule has 0 aromatic heterocycles. The van der Waals surface area contributed by atoms with Gasteiger partial charge in [0.2, 0.25) is 0 Å². The van der Waals surface area contributed by atoms with Crippen LogP contribution in [0.15, 0.2) is 48.5 Å². The van der Waals surface area contributed by atoms with Crippen molar-refractivity contribution in [3.63, 3.8) is 0 Å². The summed E-state index contributed by atoms with van der Waals surface area (Å²) in [7, 11) is 0. The molecule has 0 aliphatic heterocycles. The van der Waals surface area contributed by atoms with Gasteiger partial charge in [-0.25, -0.2) is 4.79 Å². The lowest BCUT2D eigenvalue weighted by molar-refractivity contribution is 0.0734. The summed E-state index contributed by atoms with van der Waals surface area (Å²) in [6.45, 7) is 4.55. The van der Waals surface area contributed by atoms with Crippen molar-refractivity contribution in [3.8, 4) is 5.75 Å². The fourth-order valence-electron chi connectivity index (χ4n) is 6.64. The Morgan fingerprint density at radius 3 is 1.97 bits per heavy atom. The molecule has 0 heterocycles. The highest BCUT2D eigenvalue weighted by molar-refractivity contribution is 5.91. The molecule has 4 rings (SSSR count). The highest BCUT2D eigenvalue weighted by atomic mass is 16.5. The summed E-state index contributed by atoms with van der Waals surface area (Å²) in [6, 6.07) is 16.2. The van der Waals surface area contributed by atoms with E-state index in [1.807, 2.05) is 24.3 Å². The van der Waals surface area contributed by atoms with Gasteiger partial charge in [-0.15, -0.1) is 0 Å². The first kappa shape index (κ1) is 26.0. The van der Waals surface area contributed by atoms with Crippen molar-refractivity contribution in [1.29, 1.82) is 0 Å². The molecule has 2 heteroatoms. The minimum atomic E-state index is -0.266. The summed E-state index contributed by atoms with van der Waals surface area (Å²) >= 11 is 0. The van der Waals surface area contributed by atoms with E-state index in [1.165, 1.54) is 94.6 Å². The lowest BCUT2D eigenvalue weighted by atomic mass is 9.68. The van der Waals surface area contributed by atoms with Gasteiger partial charge in [-0.1, -0.05) is 76.6 Å². The Morgan fingerprint density at radius 1 is 0.743 bits per heavy atom. The molecule has 2 nitrogen and oxygen atoms in total. The molecule has 2 aromatic rings. The second kappa shape index (κ2) is 13.3. The fraction of sp³-hybridized carbons (Fsp3) is 0.606. The first-order valence-electron chi connectivity index (χ1n) is 14.6. The van der Waals surface area contributed by atoms with E-state index in [9.17, 15) is 4.79 Å². The normalized spacial score (nSPS) is 24.7. The van der Waals surface area contributed by atoms with Crippen molar-refractivity contribution in [1.82, 2.24) is 0 Å². The van der Waals surface area contributed by atoms with Gasteiger partial charge in [0.25, 0.3) is 0 Å². The number of esters is 1. The average Bonchev–Trinajstić information content (AvgIpc) is 2.91. The van der Waals surface area contributed by atoms with Crippen LogP contribution in [0.1, 0.15) is 125 Å². The molecular weight excluding hydrogens is 428 g/mol. The quantitative estimate of drug-likeness (QED) is 0.195. The molecule has 2 fully saturated rings. The highest BCUT2D eigenvalue weighted by Gasteiger charge is 2.31. The molecule has 0 radical (unpaired) electrons. The van der Waals surface area contributed by atoms with Crippen molar-refractivity contribution >= 4 is 5.97 Å². The average molecular weight is 475 g/mol. The van der Waals surface area contributed by atoms with E-state index in [1.54, 1.807) is 0 Å². The number of carbonyl (C=O) groups is 1. The molecule has 2 aliphatic carbocycles. The number of hydrogen-bond donors (Lipinski definition) is 0. The molecule has 190 valence electrons. The van der Waals surface area contributed by atoms with E-state index in [2.05, 4.69) is 38.1 Å². The molecule has 2 aromatic carbocycles. The predicted octanol–water partition coefficient (Wildman–Crippen LogP) is 9.52. The second-order valence-electron chi connectivity index (χ2n) is 11.3. The monoisotopic (exact) mass is 474 g/mol. The van der Waals surface area contributed by atoms with Gasteiger partial charge in [0.15, 0.2) is 0 Å². The zero-order valence-corrected chi connectivity index (χ0v) is 22.1. The van der Waals surface area contributed by atoms with Crippen LogP contribution in [0.4, 0.5) is 0 Å². The van der Waals surface area contributed by atoms with Crippen molar-refractivity contribution in [2.75, 3.05) is 0 Å². The number of carbonyl (C=O) groups excluding carboxylic acids is 1.